The SMILES string of the molecule is COc1ccc(N2CCN(CCNS(=O)(=O)c3ccc(C)cc3C)CC2)cc1. The van der Waals surface area contributed by atoms with E-state index >= 15 is 0 Å². The van der Waals surface area contributed by atoms with Gasteiger partial charge in [0.2, 0.25) is 10.0 Å². The van der Waals surface area contributed by atoms with Gasteiger partial charge in [-0.05, 0) is 49.7 Å². The quantitative estimate of drug-likeness (QED) is 0.769. The number of piperazine rings is 1. The summed E-state index contributed by atoms with van der Waals surface area (Å²) in [6.07, 6.45) is 0. The predicted molar refractivity (Wildman–Crippen MR) is 113 cm³/mol. The zero-order valence-electron chi connectivity index (χ0n) is 16.8. The molecule has 0 bridgehead atoms. The fourth-order valence-corrected chi connectivity index (χ4v) is 4.78. The highest BCUT2D eigenvalue weighted by molar-refractivity contribution is 7.89. The fraction of sp³-hybridized carbons (Fsp3) is 0.429. The van der Waals surface area contributed by atoms with Crippen molar-refractivity contribution < 1.29 is 13.2 Å². The minimum atomic E-state index is -3.47. The van der Waals surface area contributed by atoms with Gasteiger partial charge in [0.15, 0.2) is 0 Å². The van der Waals surface area contributed by atoms with E-state index in [1.54, 1.807) is 13.2 Å². The van der Waals surface area contributed by atoms with Crippen LogP contribution in [-0.2, 0) is 10.0 Å². The van der Waals surface area contributed by atoms with Crippen molar-refractivity contribution >= 4 is 15.7 Å². The van der Waals surface area contributed by atoms with E-state index in [-0.39, 0.29) is 0 Å². The molecule has 0 atom stereocenters. The Kier molecular flexibility index (Phi) is 6.59. The Morgan fingerprint density at radius 2 is 1.68 bits per heavy atom. The highest BCUT2D eigenvalue weighted by Crippen LogP contribution is 2.20. The van der Waals surface area contributed by atoms with Crippen LogP contribution in [0, 0.1) is 13.8 Å². The second-order valence-corrected chi connectivity index (χ2v) is 8.93. The molecule has 7 heteroatoms. The van der Waals surface area contributed by atoms with Crippen LogP contribution in [0.3, 0.4) is 0 Å². The number of nitrogens with one attached hydrogen (secondary N) is 1. The molecule has 0 unspecified atom stereocenters. The predicted octanol–water partition coefficient (Wildman–Crippen LogP) is 2.41. The van der Waals surface area contributed by atoms with Gasteiger partial charge in [-0.2, -0.15) is 0 Å². The Morgan fingerprint density at radius 1 is 1.00 bits per heavy atom. The minimum Gasteiger partial charge on any atom is -0.497 e. The Bertz CT molecular complexity index is 890. The Morgan fingerprint density at radius 3 is 2.29 bits per heavy atom. The molecule has 2 aromatic carbocycles. The van der Waals surface area contributed by atoms with E-state index in [1.807, 2.05) is 38.1 Å². The molecule has 3 rings (SSSR count). The van der Waals surface area contributed by atoms with Gasteiger partial charge in [-0.3, -0.25) is 4.90 Å². The molecule has 0 aliphatic carbocycles. The van der Waals surface area contributed by atoms with Gasteiger partial charge in [-0.25, -0.2) is 13.1 Å². The zero-order valence-corrected chi connectivity index (χ0v) is 17.6. The molecular formula is C21H29N3O3S. The molecule has 1 N–H and O–H groups in total. The van der Waals surface area contributed by atoms with E-state index < -0.39 is 10.0 Å². The highest BCUT2D eigenvalue weighted by atomic mass is 32.2. The lowest BCUT2D eigenvalue weighted by atomic mass is 10.2. The summed E-state index contributed by atoms with van der Waals surface area (Å²) in [5.74, 6) is 0.860. The molecule has 1 aliphatic heterocycles. The summed E-state index contributed by atoms with van der Waals surface area (Å²) in [5, 5.41) is 0. The third-order valence-corrected chi connectivity index (χ3v) is 6.77. The maximum Gasteiger partial charge on any atom is 0.240 e. The van der Waals surface area contributed by atoms with Crippen LogP contribution < -0.4 is 14.4 Å². The molecular weight excluding hydrogens is 374 g/mol. The summed E-state index contributed by atoms with van der Waals surface area (Å²) in [7, 11) is -1.80. The molecule has 0 radical (unpaired) electrons. The summed E-state index contributed by atoms with van der Waals surface area (Å²) in [5.41, 5.74) is 3.03. The summed E-state index contributed by atoms with van der Waals surface area (Å²) in [6.45, 7) is 8.60. The van der Waals surface area contributed by atoms with Crippen LogP contribution in [0.2, 0.25) is 0 Å². The van der Waals surface area contributed by atoms with Crippen molar-refractivity contribution in [2.75, 3.05) is 51.3 Å². The van der Waals surface area contributed by atoms with Crippen LogP contribution in [0.5, 0.6) is 5.75 Å². The molecule has 0 spiro atoms. The van der Waals surface area contributed by atoms with Crippen LogP contribution in [-0.4, -0.2) is 59.7 Å². The van der Waals surface area contributed by atoms with E-state index in [0.717, 1.165) is 43.1 Å². The monoisotopic (exact) mass is 403 g/mol. The topological polar surface area (TPSA) is 61.9 Å². The number of aryl methyl sites for hydroxylation is 2. The van der Waals surface area contributed by atoms with Crippen LogP contribution in [0.25, 0.3) is 0 Å². The number of ether oxygens (including phenoxy) is 1. The van der Waals surface area contributed by atoms with Crippen molar-refractivity contribution in [2.24, 2.45) is 0 Å². The fourth-order valence-electron chi connectivity index (χ4n) is 3.54. The summed E-state index contributed by atoms with van der Waals surface area (Å²) in [6, 6.07) is 13.5. The molecule has 2 aromatic rings. The minimum absolute atomic E-state index is 0.363. The Balaban J connectivity index is 1.47. The first-order valence-electron chi connectivity index (χ1n) is 9.57. The highest BCUT2D eigenvalue weighted by Gasteiger charge is 2.19. The van der Waals surface area contributed by atoms with Crippen LogP contribution in [0.15, 0.2) is 47.4 Å². The third-order valence-electron chi connectivity index (χ3n) is 5.15. The van der Waals surface area contributed by atoms with Gasteiger partial charge in [-0.15, -0.1) is 0 Å². The molecule has 6 nitrogen and oxygen atoms in total. The molecule has 1 heterocycles. The van der Waals surface area contributed by atoms with Gasteiger partial charge in [0.05, 0.1) is 12.0 Å². The number of methoxy groups -OCH3 is 1. The van der Waals surface area contributed by atoms with Gasteiger partial charge < -0.3 is 9.64 Å². The Hall–Kier alpha value is -2.09. The Labute approximate surface area is 168 Å². The number of nitrogens with zero attached hydrogens (tertiary/aromatic N) is 2. The van der Waals surface area contributed by atoms with E-state index in [9.17, 15) is 8.42 Å². The van der Waals surface area contributed by atoms with Crippen LogP contribution >= 0.6 is 0 Å². The first kappa shape index (κ1) is 20.6. The molecule has 0 saturated carbocycles. The largest absolute Gasteiger partial charge is 0.497 e. The number of rotatable bonds is 7. The van der Waals surface area contributed by atoms with Gasteiger partial charge in [0.25, 0.3) is 0 Å². The second kappa shape index (κ2) is 8.94. The lowest BCUT2D eigenvalue weighted by Crippen LogP contribution is -2.48. The number of hydrogen-bond acceptors (Lipinski definition) is 5. The molecule has 152 valence electrons. The number of hydrogen-bond donors (Lipinski definition) is 1. The van der Waals surface area contributed by atoms with E-state index in [2.05, 4.69) is 26.7 Å². The van der Waals surface area contributed by atoms with Crippen molar-refractivity contribution in [1.82, 2.24) is 9.62 Å². The van der Waals surface area contributed by atoms with Crippen molar-refractivity contribution in [3.63, 3.8) is 0 Å². The average molecular weight is 404 g/mol. The van der Waals surface area contributed by atoms with Crippen LogP contribution in [0.1, 0.15) is 11.1 Å². The van der Waals surface area contributed by atoms with Gasteiger partial charge in [-0.1, -0.05) is 17.7 Å². The van der Waals surface area contributed by atoms with E-state index in [0.29, 0.717) is 18.0 Å². The third kappa shape index (κ3) is 5.04. The number of benzene rings is 2. The zero-order chi connectivity index (χ0) is 20.1. The lowest BCUT2D eigenvalue weighted by molar-refractivity contribution is 0.262. The first-order chi connectivity index (χ1) is 13.4. The number of anilines is 1. The molecule has 0 aromatic heterocycles. The maximum absolute atomic E-state index is 12.5. The van der Waals surface area contributed by atoms with E-state index in [4.69, 9.17) is 4.74 Å². The normalized spacial score (nSPS) is 15.6. The van der Waals surface area contributed by atoms with Gasteiger partial charge in [0.1, 0.15) is 5.75 Å². The standard InChI is InChI=1S/C21H29N3O3S/c1-17-4-9-21(18(2)16-17)28(25,26)22-10-11-23-12-14-24(15-13-23)19-5-7-20(27-3)8-6-19/h4-9,16,22H,10-15H2,1-3H3. The van der Waals surface area contributed by atoms with E-state index in [1.165, 1.54) is 5.69 Å². The van der Waals surface area contributed by atoms with Gasteiger partial charge in [0, 0.05) is 45.0 Å². The van der Waals surface area contributed by atoms with Crippen LogP contribution in [0.4, 0.5) is 5.69 Å². The van der Waals surface area contributed by atoms with Crippen molar-refractivity contribution in [1.29, 1.82) is 0 Å². The molecule has 1 aliphatic rings. The smallest absolute Gasteiger partial charge is 0.240 e. The molecule has 1 fully saturated rings. The average Bonchev–Trinajstić information content (AvgIpc) is 2.68. The summed E-state index contributed by atoms with van der Waals surface area (Å²) < 4.78 is 33.0. The lowest BCUT2D eigenvalue weighted by Gasteiger charge is -2.36. The second-order valence-electron chi connectivity index (χ2n) is 7.19. The molecule has 0 amide bonds. The van der Waals surface area contributed by atoms with Crippen molar-refractivity contribution in [2.45, 2.75) is 18.7 Å². The molecule has 1 saturated heterocycles. The number of sulfonamides is 1. The first-order valence-corrected chi connectivity index (χ1v) is 11.1. The molecule has 28 heavy (non-hydrogen) atoms. The van der Waals surface area contributed by atoms with Crippen molar-refractivity contribution in [3.8, 4) is 5.75 Å². The maximum atomic E-state index is 12.5. The summed E-state index contributed by atoms with van der Waals surface area (Å²) >= 11 is 0. The van der Waals surface area contributed by atoms with Crippen molar-refractivity contribution in [3.05, 3.63) is 53.6 Å². The van der Waals surface area contributed by atoms with Gasteiger partial charge >= 0.3 is 0 Å². The summed E-state index contributed by atoms with van der Waals surface area (Å²) in [4.78, 5) is 5.00.